The number of carbonyl (C=O) groups is 1. The first kappa shape index (κ1) is 15.7. The Morgan fingerprint density at radius 2 is 2.00 bits per heavy atom. The Hall–Kier alpha value is -2.14. The molecule has 0 radical (unpaired) electrons. The molecular weight excluding hydrogens is 288 g/mol. The SMILES string of the molecule is CNCC1CCN(C(=O)c2cc(-c3ccc(C)cc3)n[nH]2)CC1. The number of hydrogen-bond donors (Lipinski definition) is 2. The third kappa shape index (κ3) is 3.62. The fourth-order valence-electron chi connectivity index (χ4n) is 3.10. The lowest BCUT2D eigenvalue weighted by molar-refractivity contribution is 0.0685. The molecule has 1 aromatic heterocycles. The monoisotopic (exact) mass is 312 g/mol. The minimum atomic E-state index is 0.0544. The number of amides is 1. The van der Waals surface area contributed by atoms with E-state index in [9.17, 15) is 4.79 Å². The van der Waals surface area contributed by atoms with Crippen molar-refractivity contribution in [2.75, 3.05) is 26.7 Å². The van der Waals surface area contributed by atoms with E-state index in [-0.39, 0.29) is 5.91 Å². The highest BCUT2D eigenvalue weighted by atomic mass is 16.2. The molecule has 1 saturated heterocycles. The number of likely N-dealkylation sites (tertiary alicyclic amines) is 1. The highest BCUT2D eigenvalue weighted by Crippen LogP contribution is 2.21. The Kier molecular flexibility index (Phi) is 4.76. The van der Waals surface area contributed by atoms with Crippen LogP contribution in [0.2, 0.25) is 0 Å². The summed E-state index contributed by atoms with van der Waals surface area (Å²) in [7, 11) is 1.98. The molecule has 1 aliphatic heterocycles. The lowest BCUT2D eigenvalue weighted by Crippen LogP contribution is -2.40. The van der Waals surface area contributed by atoms with Gasteiger partial charge in [0.05, 0.1) is 5.69 Å². The van der Waals surface area contributed by atoms with Gasteiger partial charge in [-0.15, -0.1) is 0 Å². The molecule has 122 valence electrons. The molecular formula is C18H24N4O. The first-order valence-electron chi connectivity index (χ1n) is 8.23. The summed E-state index contributed by atoms with van der Waals surface area (Å²) in [6.07, 6.45) is 2.12. The quantitative estimate of drug-likeness (QED) is 0.911. The van der Waals surface area contributed by atoms with Crippen molar-refractivity contribution in [2.45, 2.75) is 19.8 Å². The number of H-pyrrole nitrogens is 1. The number of benzene rings is 1. The van der Waals surface area contributed by atoms with E-state index >= 15 is 0 Å². The Morgan fingerprint density at radius 1 is 1.30 bits per heavy atom. The van der Waals surface area contributed by atoms with E-state index < -0.39 is 0 Å². The molecule has 5 heteroatoms. The zero-order chi connectivity index (χ0) is 16.2. The van der Waals surface area contributed by atoms with Crippen LogP contribution in [0.3, 0.4) is 0 Å². The Labute approximate surface area is 137 Å². The Balaban J connectivity index is 1.66. The van der Waals surface area contributed by atoms with Crippen LogP contribution in [-0.2, 0) is 0 Å². The fourth-order valence-corrected chi connectivity index (χ4v) is 3.10. The molecule has 1 aromatic carbocycles. The largest absolute Gasteiger partial charge is 0.337 e. The molecule has 0 bridgehead atoms. The van der Waals surface area contributed by atoms with E-state index in [2.05, 4.69) is 34.6 Å². The van der Waals surface area contributed by atoms with Crippen LogP contribution >= 0.6 is 0 Å². The van der Waals surface area contributed by atoms with E-state index in [1.54, 1.807) is 0 Å². The maximum atomic E-state index is 12.6. The first-order valence-corrected chi connectivity index (χ1v) is 8.23. The Morgan fingerprint density at radius 3 is 2.65 bits per heavy atom. The van der Waals surface area contributed by atoms with Crippen molar-refractivity contribution >= 4 is 5.91 Å². The second kappa shape index (κ2) is 6.96. The van der Waals surface area contributed by atoms with Crippen LogP contribution in [-0.4, -0.2) is 47.7 Å². The van der Waals surface area contributed by atoms with Crippen LogP contribution in [0.4, 0.5) is 0 Å². The summed E-state index contributed by atoms with van der Waals surface area (Å²) < 4.78 is 0. The topological polar surface area (TPSA) is 61.0 Å². The minimum absolute atomic E-state index is 0.0544. The van der Waals surface area contributed by atoms with E-state index in [1.165, 1.54) is 5.56 Å². The van der Waals surface area contributed by atoms with Gasteiger partial charge in [-0.3, -0.25) is 9.89 Å². The van der Waals surface area contributed by atoms with Gasteiger partial charge in [0, 0.05) is 18.7 Å². The summed E-state index contributed by atoms with van der Waals surface area (Å²) in [5.74, 6) is 0.729. The summed E-state index contributed by atoms with van der Waals surface area (Å²) in [5.41, 5.74) is 3.63. The highest BCUT2D eigenvalue weighted by Gasteiger charge is 2.24. The average molecular weight is 312 g/mol. The molecule has 0 spiro atoms. The molecule has 0 atom stereocenters. The minimum Gasteiger partial charge on any atom is -0.337 e. The number of rotatable bonds is 4. The molecule has 5 nitrogen and oxygen atoms in total. The van der Waals surface area contributed by atoms with Gasteiger partial charge in [-0.05, 0) is 45.3 Å². The molecule has 23 heavy (non-hydrogen) atoms. The van der Waals surface area contributed by atoms with Crippen molar-refractivity contribution in [3.63, 3.8) is 0 Å². The second-order valence-corrected chi connectivity index (χ2v) is 6.33. The van der Waals surface area contributed by atoms with Gasteiger partial charge in [-0.25, -0.2) is 0 Å². The lowest BCUT2D eigenvalue weighted by Gasteiger charge is -2.31. The van der Waals surface area contributed by atoms with Gasteiger partial charge in [0.15, 0.2) is 0 Å². The molecule has 2 aromatic rings. The van der Waals surface area contributed by atoms with Gasteiger partial charge >= 0.3 is 0 Å². The molecule has 3 rings (SSSR count). The maximum Gasteiger partial charge on any atom is 0.271 e. The average Bonchev–Trinajstić information content (AvgIpc) is 3.06. The molecule has 2 N–H and O–H groups in total. The van der Waals surface area contributed by atoms with E-state index in [4.69, 9.17) is 0 Å². The molecule has 0 unspecified atom stereocenters. The van der Waals surface area contributed by atoms with E-state index in [0.29, 0.717) is 11.6 Å². The Bertz CT molecular complexity index is 654. The molecule has 1 amide bonds. The number of aromatic amines is 1. The zero-order valence-electron chi connectivity index (χ0n) is 13.8. The summed E-state index contributed by atoms with van der Waals surface area (Å²) in [4.78, 5) is 14.5. The number of aryl methyl sites for hydroxylation is 1. The van der Waals surface area contributed by atoms with Gasteiger partial charge in [-0.1, -0.05) is 29.8 Å². The predicted molar refractivity (Wildman–Crippen MR) is 91.3 cm³/mol. The predicted octanol–water partition coefficient (Wildman–Crippen LogP) is 2.46. The van der Waals surface area contributed by atoms with Crippen LogP contribution in [0, 0.1) is 12.8 Å². The summed E-state index contributed by atoms with van der Waals surface area (Å²) >= 11 is 0. The molecule has 2 heterocycles. The van der Waals surface area contributed by atoms with Crippen molar-refractivity contribution < 1.29 is 4.79 Å². The molecule has 1 fully saturated rings. The van der Waals surface area contributed by atoms with Crippen LogP contribution in [0.5, 0.6) is 0 Å². The van der Waals surface area contributed by atoms with Gasteiger partial charge in [0.25, 0.3) is 5.91 Å². The van der Waals surface area contributed by atoms with Gasteiger partial charge in [0.1, 0.15) is 5.69 Å². The lowest BCUT2D eigenvalue weighted by atomic mass is 9.96. The van der Waals surface area contributed by atoms with Crippen LogP contribution < -0.4 is 5.32 Å². The van der Waals surface area contributed by atoms with Crippen molar-refractivity contribution in [2.24, 2.45) is 5.92 Å². The van der Waals surface area contributed by atoms with E-state index in [0.717, 1.165) is 43.7 Å². The number of nitrogens with one attached hydrogen (secondary N) is 2. The third-order valence-corrected chi connectivity index (χ3v) is 4.55. The number of hydrogen-bond acceptors (Lipinski definition) is 3. The third-order valence-electron chi connectivity index (χ3n) is 4.55. The van der Waals surface area contributed by atoms with Crippen LogP contribution in [0.1, 0.15) is 28.9 Å². The fraction of sp³-hybridized carbons (Fsp3) is 0.444. The number of piperidine rings is 1. The van der Waals surface area contributed by atoms with Crippen molar-refractivity contribution in [3.05, 3.63) is 41.6 Å². The summed E-state index contributed by atoms with van der Waals surface area (Å²) in [6, 6.07) is 10.0. The van der Waals surface area contributed by atoms with Crippen molar-refractivity contribution in [3.8, 4) is 11.3 Å². The number of carbonyl (C=O) groups excluding carboxylic acids is 1. The van der Waals surface area contributed by atoms with Gasteiger partial charge in [0.2, 0.25) is 0 Å². The van der Waals surface area contributed by atoms with Gasteiger partial charge in [-0.2, -0.15) is 5.10 Å². The number of nitrogens with zero attached hydrogens (tertiary/aromatic N) is 2. The first-order chi connectivity index (χ1) is 11.2. The standard InChI is InChI=1S/C18H24N4O/c1-13-3-5-15(6-4-13)16-11-17(21-20-16)18(23)22-9-7-14(8-10-22)12-19-2/h3-6,11,14,19H,7-10,12H2,1-2H3,(H,20,21). The van der Waals surface area contributed by atoms with Gasteiger partial charge < -0.3 is 10.2 Å². The normalized spacial score (nSPS) is 15.8. The maximum absolute atomic E-state index is 12.6. The smallest absolute Gasteiger partial charge is 0.271 e. The van der Waals surface area contributed by atoms with Crippen molar-refractivity contribution in [1.82, 2.24) is 20.4 Å². The summed E-state index contributed by atoms with van der Waals surface area (Å²) in [6.45, 7) is 4.73. The van der Waals surface area contributed by atoms with Crippen LogP contribution in [0.25, 0.3) is 11.3 Å². The molecule has 0 aliphatic carbocycles. The van der Waals surface area contributed by atoms with E-state index in [1.807, 2.05) is 30.1 Å². The zero-order valence-corrected chi connectivity index (χ0v) is 13.8. The second-order valence-electron chi connectivity index (χ2n) is 6.33. The number of aromatic nitrogens is 2. The summed E-state index contributed by atoms with van der Waals surface area (Å²) in [5, 5.41) is 10.4. The van der Waals surface area contributed by atoms with Crippen LogP contribution in [0.15, 0.2) is 30.3 Å². The molecule has 1 aliphatic rings. The molecule has 0 saturated carbocycles. The van der Waals surface area contributed by atoms with Crippen molar-refractivity contribution in [1.29, 1.82) is 0 Å². The highest BCUT2D eigenvalue weighted by molar-refractivity contribution is 5.93.